The Labute approximate surface area is 42.5 Å². The summed E-state index contributed by atoms with van der Waals surface area (Å²) in [6, 6.07) is 0. The molecule has 0 aliphatic carbocycles. The van der Waals surface area contributed by atoms with Crippen LogP contribution in [0.5, 0.6) is 0 Å². The van der Waals surface area contributed by atoms with Gasteiger partial charge in [-0.3, -0.25) is 4.90 Å². The molecular weight excluding hydrogens is 94.0 g/mol. The molecule has 0 amide bonds. The van der Waals surface area contributed by atoms with Crippen molar-refractivity contribution in [3.05, 3.63) is 0 Å². The highest BCUT2D eigenvalue weighted by molar-refractivity contribution is 4.53. The predicted molar refractivity (Wildman–Crippen MR) is 24.6 cm³/mol. The number of aliphatic hydroxyl groups excluding tert-OH is 1. The van der Waals surface area contributed by atoms with E-state index in [0.29, 0.717) is 6.61 Å². The van der Waals surface area contributed by atoms with E-state index in [1.54, 1.807) is 4.90 Å². The molecule has 0 aromatic rings. The Balaban J connectivity index is 2.33. The molecule has 0 saturated carbocycles. The number of rotatable bonds is 0. The number of likely N-dealkylation sites (N-methyl/N-ethyl adjacent to an activating group) is 1. The Hall–Kier alpha value is -0.120. The van der Waals surface area contributed by atoms with Gasteiger partial charge in [-0.25, -0.2) is 0 Å². The van der Waals surface area contributed by atoms with E-state index in [2.05, 4.69) is 0 Å². The molecule has 1 aliphatic heterocycles. The molecule has 3 heteroatoms. The van der Waals surface area contributed by atoms with Gasteiger partial charge in [-0.1, -0.05) is 0 Å². The van der Waals surface area contributed by atoms with E-state index in [0.717, 1.165) is 6.54 Å². The van der Waals surface area contributed by atoms with Crippen molar-refractivity contribution >= 4 is 0 Å². The van der Waals surface area contributed by atoms with Crippen LogP contribution in [0.1, 0.15) is 0 Å². The van der Waals surface area contributed by atoms with Crippen molar-refractivity contribution in [3.8, 4) is 0 Å². The average Bonchev–Trinajstić information content (AvgIpc) is 1.91. The van der Waals surface area contributed by atoms with Crippen LogP contribution >= 0.6 is 0 Å². The zero-order valence-corrected chi connectivity index (χ0v) is 4.29. The van der Waals surface area contributed by atoms with Crippen LogP contribution in [0.25, 0.3) is 0 Å². The van der Waals surface area contributed by atoms with E-state index in [1.165, 1.54) is 0 Å². The van der Waals surface area contributed by atoms with Gasteiger partial charge in [-0.05, 0) is 7.05 Å². The summed E-state index contributed by atoms with van der Waals surface area (Å²) in [7, 11) is 1.82. The Morgan fingerprint density at radius 1 is 1.86 bits per heavy atom. The zero-order chi connectivity index (χ0) is 5.28. The lowest BCUT2D eigenvalue weighted by atomic mass is 10.7. The maximum atomic E-state index is 8.70. The van der Waals surface area contributed by atoms with E-state index in [4.69, 9.17) is 9.84 Å². The topological polar surface area (TPSA) is 32.7 Å². The minimum absolute atomic E-state index is 0.650. The van der Waals surface area contributed by atoms with Gasteiger partial charge in [0.25, 0.3) is 0 Å². The van der Waals surface area contributed by atoms with Gasteiger partial charge in [0.15, 0.2) is 0 Å². The second-order valence-electron chi connectivity index (χ2n) is 1.68. The fraction of sp³-hybridized carbons (Fsp3) is 1.00. The van der Waals surface area contributed by atoms with Gasteiger partial charge < -0.3 is 9.84 Å². The first-order valence-corrected chi connectivity index (χ1v) is 2.30. The lowest BCUT2D eigenvalue weighted by molar-refractivity contribution is -0.125. The van der Waals surface area contributed by atoms with Crippen LogP contribution in [0.2, 0.25) is 0 Å². The third kappa shape index (κ3) is 0.907. The number of hydrogen-bond acceptors (Lipinski definition) is 3. The second kappa shape index (κ2) is 1.78. The van der Waals surface area contributed by atoms with Crippen molar-refractivity contribution in [1.29, 1.82) is 0 Å². The summed E-state index contributed by atoms with van der Waals surface area (Å²) in [6.45, 7) is 1.48. The van der Waals surface area contributed by atoms with E-state index >= 15 is 0 Å². The highest BCUT2D eigenvalue weighted by Crippen LogP contribution is 2.00. The maximum Gasteiger partial charge on any atom is 0.215 e. The van der Waals surface area contributed by atoms with Crippen molar-refractivity contribution in [2.24, 2.45) is 0 Å². The molecule has 1 saturated heterocycles. The highest BCUT2D eigenvalue weighted by atomic mass is 16.6. The maximum absolute atomic E-state index is 8.70. The largest absolute Gasteiger partial charge is 0.356 e. The molecule has 1 heterocycles. The molecule has 3 nitrogen and oxygen atoms in total. The monoisotopic (exact) mass is 103 g/mol. The summed E-state index contributed by atoms with van der Waals surface area (Å²) < 4.78 is 4.75. The molecular formula is C4H9NO2. The normalized spacial score (nSPS) is 34.3. The first kappa shape index (κ1) is 5.03. The van der Waals surface area contributed by atoms with Crippen LogP contribution in [0, 0.1) is 0 Å². The van der Waals surface area contributed by atoms with Crippen molar-refractivity contribution in [3.63, 3.8) is 0 Å². The predicted octanol–water partition coefficient (Wildman–Crippen LogP) is -0.776. The summed E-state index contributed by atoms with van der Waals surface area (Å²) in [5.41, 5.74) is 0. The number of hydrogen-bond donors (Lipinski definition) is 1. The van der Waals surface area contributed by atoms with Gasteiger partial charge in [0.2, 0.25) is 6.41 Å². The number of nitrogens with zero attached hydrogens (tertiary/aromatic N) is 1. The molecule has 1 rings (SSSR count). The highest BCUT2D eigenvalue weighted by Gasteiger charge is 2.16. The molecule has 1 atom stereocenters. The molecule has 1 fully saturated rings. The molecule has 1 N–H and O–H groups in total. The minimum atomic E-state index is -0.653. The minimum Gasteiger partial charge on any atom is -0.356 e. The first-order valence-electron chi connectivity index (χ1n) is 2.30. The van der Waals surface area contributed by atoms with Gasteiger partial charge in [-0.2, -0.15) is 0 Å². The smallest absolute Gasteiger partial charge is 0.215 e. The Morgan fingerprint density at radius 2 is 2.57 bits per heavy atom. The van der Waals surface area contributed by atoms with Crippen LogP contribution in [0.4, 0.5) is 0 Å². The van der Waals surface area contributed by atoms with Crippen LogP contribution < -0.4 is 0 Å². The molecule has 0 aromatic carbocycles. The van der Waals surface area contributed by atoms with Gasteiger partial charge in [0, 0.05) is 6.54 Å². The SMILES string of the molecule is CN1CCOC1O. The fourth-order valence-corrected chi connectivity index (χ4v) is 0.540. The van der Waals surface area contributed by atoms with Crippen molar-refractivity contribution in [2.45, 2.75) is 6.41 Å². The van der Waals surface area contributed by atoms with Crippen LogP contribution in [-0.4, -0.2) is 36.6 Å². The molecule has 1 unspecified atom stereocenters. The lowest BCUT2D eigenvalue weighted by Gasteiger charge is -2.08. The molecule has 7 heavy (non-hydrogen) atoms. The Morgan fingerprint density at radius 3 is 2.71 bits per heavy atom. The van der Waals surface area contributed by atoms with E-state index < -0.39 is 6.41 Å². The van der Waals surface area contributed by atoms with Crippen molar-refractivity contribution in [1.82, 2.24) is 4.90 Å². The Bertz CT molecular complexity index is 58.7. The van der Waals surface area contributed by atoms with Crippen LogP contribution in [0.3, 0.4) is 0 Å². The quantitative estimate of drug-likeness (QED) is 0.436. The van der Waals surface area contributed by atoms with Gasteiger partial charge in [-0.15, -0.1) is 0 Å². The fourth-order valence-electron chi connectivity index (χ4n) is 0.540. The van der Waals surface area contributed by atoms with Crippen molar-refractivity contribution < 1.29 is 9.84 Å². The molecule has 1 aliphatic rings. The second-order valence-corrected chi connectivity index (χ2v) is 1.68. The summed E-state index contributed by atoms with van der Waals surface area (Å²) >= 11 is 0. The lowest BCUT2D eigenvalue weighted by Crippen LogP contribution is -2.24. The van der Waals surface area contributed by atoms with Gasteiger partial charge in [0.05, 0.1) is 6.61 Å². The van der Waals surface area contributed by atoms with Crippen molar-refractivity contribution in [2.75, 3.05) is 20.2 Å². The average molecular weight is 103 g/mol. The molecule has 42 valence electrons. The molecule has 0 bridgehead atoms. The summed E-state index contributed by atoms with van der Waals surface area (Å²) in [6.07, 6.45) is -0.653. The zero-order valence-electron chi connectivity index (χ0n) is 4.29. The molecule has 0 radical (unpaired) electrons. The van der Waals surface area contributed by atoms with E-state index in [-0.39, 0.29) is 0 Å². The standard InChI is InChI=1S/C4H9NO2/c1-5-2-3-7-4(5)6/h4,6H,2-3H2,1H3. The van der Waals surface area contributed by atoms with Crippen LogP contribution in [0.15, 0.2) is 0 Å². The van der Waals surface area contributed by atoms with Crippen LogP contribution in [-0.2, 0) is 4.74 Å². The summed E-state index contributed by atoms with van der Waals surface area (Å²) in [4.78, 5) is 1.74. The third-order valence-electron chi connectivity index (χ3n) is 1.09. The van der Waals surface area contributed by atoms with Gasteiger partial charge >= 0.3 is 0 Å². The molecule has 0 spiro atoms. The third-order valence-corrected chi connectivity index (χ3v) is 1.09. The van der Waals surface area contributed by atoms with E-state index in [9.17, 15) is 0 Å². The number of aliphatic hydroxyl groups is 1. The molecule has 0 aromatic heterocycles. The first-order chi connectivity index (χ1) is 3.30. The summed E-state index contributed by atoms with van der Waals surface area (Å²) in [5, 5.41) is 8.70. The Kier molecular flexibility index (Phi) is 1.27. The summed E-state index contributed by atoms with van der Waals surface area (Å²) in [5.74, 6) is 0. The van der Waals surface area contributed by atoms with E-state index in [1.807, 2.05) is 7.05 Å². The number of ether oxygens (including phenoxy) is 1. The van der Waals surface area contributed by atoms with Gasteiger partial charge in [0.1, 0.15) is 0 Å².